The van der Waals surface area contributed by atoms with Crippen LogP contribution in [0.5, 0.6) is 0 Å². The molecular weight excluding hydrogens is 380 g/mol. The molecule has 23 heavy (non-hydrogen) atoms. The molecule has 2 saturated heterocycles. The maximum Gasteiger partial charge on any atom is 0.227 e. The Hall–Kier alpha value is -0.920. The molecule has 1 atom stereocenters. The topological polar surface area (TPSA) is 57.7 Å². The van der Waals surface area contributed by atoms with Crippen LogP contribution in [0.2, 0.25) is 0 Å². The molecule has 2 aliphatic rings. The van der Waals surface area contributed by atoms with Crippen LogP contribution in [0, 0.1) is 0 Å². The maximum absolute atomic E-state index is 12.4. The molecule has 1 aromatic rings. The molecule has 1 unspecified atom stereocenters. The molecule has 0 N–H and O–H groups in total. The fourth-order valence-electron chi connectivity index (χ4n) is 3.29. The van der Waals surface area contributed by atoms with Gasteiger partial charge >= 0.3 is 0 Å². The van der Waals surface area contributed by atoms with Gasteiger partial charge in [0.25, 0.3) is 0 Å². The second kappa shape index (κ2) is 6.91. The van der Waals surface area contributed by atoms with E-state index in [-0.39, 0.29) is 17.7 Å². The zero-order chi connectivity index (χ0) is 16.4. The third-order valence-corrected chi connectivity index (χ3v) is 6.94. The Labute approximate surface area is 145 Å². The third-order valence-electron chi connectivity index (χ3n) is 4.66. The van der Waals surface area contributed by atoms with Crippen LogP contribution in [0.25, 0.3) is 0 Å². The number of hydrogen-bond acceptors (Lipinski definition) is 4. The lowest BCUT2D eigenvalue weighted by Gasteiger charge is -2.37. The van der Waals surface area contributed by atoms with E-state index >= 15 is 0 Å². The first-order chi connectivity index (χ1) is 10.9. The van der Waals surface area contributed by atoms with Gasteiger partial charge in [-0.3, -0.25) is 9.69 Å². The summed E-state index contributed by atoms with van der Waals surface area (Å²) in [6.07, 6.45) is 1.15. The first-order valence-corrected chi connectivity index (χ1v) is 10.5. The SMILES string of the molecule is O=C(Cc1ccc(Br)cc1)N1CCN(C2CCS(=O)(=O)C2)CC1. The van der Waals surface area contributed by atoms with Crippen LogP contribution in [0.4, 0.5) is 0 Å². The minimum Gasteiger partial charge on any atom is -0.340 e. The molecule has 0 bridgehead atoms. The van der Waals surface area contributed by atoms with Crippen LogP contribution < -0.4 is 0 Å². The Balaban J connectivity index is 1.50. The molecule has 0 saturated carbocycles. The molecule has 7 heteroatoms. The van der Waals surface area contributed by atoms with Crippen molar-refractivity contribution in [1.82, 2.24) is 9.80 Å². The number of piperazine rings is 1. The van der Waals surface area contributed by atoms with Gasteiger partial charge in [-0.25, -0.2) is 8.42 Å². The molecule has 2 fully saturated rings. The number of nitrogens with zero attached hydrogens (tertiary/aromatic N) is 2. The lowest BCUT2D eigenvalue weighted by Crippen LogP contribution is -2.52. The first-order valence-electron chi connectivity index (χ1n) is 7.90. The summed E-state index contributed by atoms with van der Waals surface area (Å²) in [4.78, 5) is 16.5. The minimum atomic E-state index is -2.84. The van der Waals surface area contributed by atoms with Gasteiger partial charge in [-0.05, 0) is 24.1 Å². The largest absolute Gasteiger partial charge is 0.340 e. The number of halogens is 1. The molecule has 0 aliphatic carbocycles. The van der Waals surface area contributed by atoms with Crippen LogP contribution in [0.15, 0.2) is 28.7 Å². The van der Waals surface area contributed by atoms with Crippen LogP contribution >= 0.6 is 15.9 Å². The fraction of sp³-hybridized carbons (Fsp3) is 0.562. The standard InChI is InChI=1S/C16H21BrN2O3S/c17-14-3-1-13(2-4-14)11-16(20)19-8-6-18(7-9-19)15-5-10-23(21,22)12-15/h1-4,15H,5-12H2. The number of amides is 1. The van der Waals surface area contributed by atoms with Gasteiger partial charge in [-0.1, -0.05) is 28.1 Å². The van der Waals surface area contributed by atoms with Gasteiger partial charge in [0.1, 0.15) is 0 Å². The molecule has 3 rings (SSSR count). The predicted molar refractivity (Wildman–Crippen MR) is 93.1 cm³/mol. The zero-order valence-electron chi connectivity index (χ0n) is 12.9. The van der Waals surface area contributed by atoms with Crippen molar-refractivity contribution in [2.75, 3.05) is 37.7 Å². The number of carbonyl (C=O) groups excluding carboxylic acids is 1. The average molecular weight is 401 g/mol. The maximum atomic E-state index is 12.4. The van der Waals surface area contributed by atoms with Gasteiger partial charge < -0.3 is 4.90 Å². The van der Waals surface area contributed by atoms with E-state index in [1.807, 2.05) is 29.2 Å². The van der Waals surface area contributed by atoms with Crippen LogP contribution in [-0.2, 0) is 21.1 Å². The number of rotatable bonds is 3. The van der Waals surface area contributed by atoms with Crippen molar-refractivity contribution < 1.29 is 13.2 Å². The van der Waals surface area contributed by atoms with Crippen LogP contribution in [-0.4, -0.2) is 67.9 Å². The lowest BCUT2D eigenvalue weighted by atomic mass is 10.1. The van der Waals surface area contributed by atoms with E-state index in [2.05, 4.69) is 20.8 Å². The van der Waals surface area contributed by atoms with Crippen molar-refractivity contribution in [3.05, 3.63) is 34.3 Å². The predicted octanol–water partition coefficient (Wildman–Crippen LogP) is 1.32. The normalized spacial score (nSPS) is 24.7. The lowest BCUT2D eigenvalue weighted by molar-refractivity contribution is -0.132. The van der Waals surface area contributed by atoms with E-state index in [0.717, 1.165) is 29.5 Å². The summed E-state index contributed by atoms with van der Waals surface area (Å²) in [6, 6.07) is 7.95. The third kappa shape index (κ3) is 4.33. The van der Waals surface area contributed by atoms with Gasteiger partial charge in [0, 0.05) is 36.7 Å². The number of sulfone groups is 1. The summed E-state index contributed by atoms with van der Waals surface area (Å²) in [7, 11) is -2.84. The zero-order valence-corrected chi connectivity index (χ0v) is 15.4. The molecule has 2 heterocycles. The van der Waals surface area contributed by atoms with E-state index in [0.29, 0.717) is 25.3 Å². The molecule has 1 aromatic carbocycles. The summed E-state index contributed by atoms with van der Waals surface area (Å²) in [6.45, 7) is 2.91. The van der Waals surface area contributed by atoms with E-state index in [1.165, 1.54) is 0 Å². The highest BCUT2D eigenvalue weighted by Crippen LogP contribution is 2.19. The van der Waals surface area contributed by atoms with E-state index in [1.54, 1.807) is 0 Å². The quantitative estimate of drug-likeness (QED) is 0.767. The highest BCUT2D eigenvalue weighted by atomic mass is 79.9. The molecule has 1 amide bonds. The van der Waals surface area contributed by atoms with E-state index in [9.17, 15) is 13.2 Å². The summed E-state index contributed by atoms with van der Waals surface area (Å²) >= 11 is 3.39. The van der Waals surface area contributed by atoms with E-state index in [4.69, 9.17) is 0 Å². The second-order valence-corrected chi connectivity index (χ2v) is 9.42. The molecule has 126 valence electrons. The Kier molecular flexibility index (Phi) is 5.08. The molecule has 0 spiro atoms. The van der Waals surface area contributed by atoms with Crippen LogP contribution in [0.3, 0.4) is 0 Å². The Morgan fingerprint density at radius 3 is 2.35 bits per heavy atom. The summed E-state index contributed by atoms with van der Waals surface area (Å²) < 4.78 is 24.2. The molecular formula is C16H21BrN2O3S. The first kappa shape index (κ1) is 16.9. The van der Waals surface area contributed by atoms with Crippen molar-refractivity contribution in [2.45, 2.75) is 18.9 Å². The second-order valence-electron chi connectivity index (χ2n) is 6.28. The van der Waals surface area contributed by atoms with Crippen molar-refractivity contribution >= 4 is 31.7 Å². The summed E-state index contributed by atoms with van der Waals surface area (Å²) in [5.41, 5.74) is 1.02. The van der Waals surface area contributed by atoms with Gasteiger partial charge in [-0.15, -0.1) is 0 Å². The van der Waals surface area contributed by atoms with Gasteiger partial charge in [0.15, 0.2) is 9.84 Å². The van der Waals surface area contributed by atoms with Gasteiger partial charge in [0.2, 0.25) is 5.91 Å². The molecule has 5 nitrogen and oxygen atoms in total. The minimum absolute atomic E-state index is 0.142. The monoisotopic (exact) mass is 400 g/mol. The number of hydrogen-bond donors (Lipinski definition) is 0. The number of benzene rings is 1. The summed E-state index contributed by atoms with van der Waals surface area (Å²) in [5.74, 6) is 0.728. The Bertz CT molecular complexity index is 667. The molecule has 2 aliphatic heterocycles. The van der Waals surface area contributed by atoms with Crippen molar-refractivity contribution in [2.24, 2.45) is 0 Å². The smallest absolute Gasteiger partial charge is 0.227 e. The number of carbonyl (C=O) groups is 1. The highest BCUT2D eigenvalue weighted by Gasteiger charge is 2.34. The fourth-order valence-corrected chi connectivity index (χ4v) is 5.31. The average Bonchev–Trinajstić information content (AvgIpc) is 2.90. The Morgan fingerprint density at radius 1 is 1.13 bits per heavy atom. The summed E-state index contributed by atoms with van der Waals surface area (Å²) in [5, 5.41) is 0. The molecule has 0 radical (unpaired) electrons. The van der Waals surface area contributed by atoms with E-state index < -0.39 is 9.84 Å². The van der Waals surface area contributed by atoms with Gasteiger partial charge in [-0.2, -0.15) is 0 Å². The van der Waals surface area contributed by atoms with Gasteiger partial charge in [0.05, 0.1) is 17.9 Å². The highest BCUT2D eigenvalue weighted by molar-refractivity contribution is 9.10. The van der Waals surface area contributed by atoms with Crippen molar-refractivity contribution in [3.8, 4) is 0 Å². The van der Waals surface area contributed by atoms with Crippen molar-refractivity contribution in [1.29, 1.82) is 0 Å². The molecule has 0 aromatic heterocycles. The Morgan fingerprint density at radius 2 is 1.78 bits per heavy atom. The van der Waals surface area contributed by atoms with Crippen molar-refractivity contribution in [3.63, 3.8) is 0 Å². The van der Waals surface area contributed by atoms with Crippen LogP contribution in [0.1, 0.15) is 12.0 Å².